The summed E-state index contributed by atoms with van der Waals surface area (Å²) in [5.74, 6) is 0.386. The van der Waals surface area contributed by atoms with Gasteiger partial charge in [-0.25, -0.2) is 4.79 Å². The van der Waals surface area contributed by atoms with Crippen LogP contribution < -0.4 is 4.74 Å². The Bertz CT molecular complexity index is 825. The van der Waals surface area contributed by atoms with Crippen LogP contribution in [0.25, 0.3) is 22.0 Å². The zero-order chi connectivity index (χ0) is 15.5. The number of methoxy groups -OCH3 is 2. The first-order valence-corrected chi connectivity index (χ1v) is 6.84. The summed E-state index contributed by atoms with van der Waals surface area (Å²) in [7, 11) is 3.00. The van der Waals surface area contributed by atoms with Crippen molar-refractivity contribution in [3.05, 3.63) is 60.3 Å². The molecule has 0 atom stereocenters. The molecule has 0 fully saturated rings. The maximum absolute atomic E-state index is 11.5. The van der Waals surface area contributed by atoms with Crippen LogP contribution in [0.3, 0.4) is 0 Å². The van der Waals surface area contributed by atoms with Gasteiger partial charge >= 0.3 is 5.97 Å². The molecule has 4 nitrogen and oxygen atoms in total. The lowest BCUT2D eigenvalue weighted by atomic mass is 10.0. The fourth-order valence-electron chi connectivity index (χ4n) is 2.40. The lowest BCUT2D eigenvalue weighted by Gasteiger charge is -2.09. The van der Waals surface area contributed by atoms with E-state index in [0.717, 1.165) is 27.8 Å². The van der Waals surface area contributed by atoms with Crippen molar-refractivity contribution in [3.63, 3.8) is 0 Å². The van der Waals surface area contributed by atoms with E-state index in [2.05, 4.69) is 11.1 Å². The van der Waals surface area contributed by atoms with Gasteiger partial charge in [0.2, 0.25) is 0 Å². The van der Waals surface area contributed by atoms with Gasteiger partial charge in [-0.2, -0.15) is 0 Å². The lowest BCUT2D eigenvalue weighted by molar-refractivity contribution is 0.0601. The van der Waals surface area contributed by atoms with Gasteiger partial charge in [0.05, 0.1) is 19.8 Å². The number of carbonyl (C=O) groups excluding carboxylic acids is 1. The van der Waals surface area contributed by atoms with Gasteiger partial charge in [0, 0.05) is 11.6 Å². The van der Waals surface area contributed by atoms with Crippen molar-refractivity contribution in [2.75, 3.05) is 14.2 Å². The molecule has 0 aliphatic rings. The Kier molecular flexibility index (Phi) is 3.74. The highest BCUT2D eigenvalue weighted by Crippen LogP contribution is 2.31. The third-order valence-electron chi connectivity index (χ3n) is 3.53. The maximum atomic E-state index is 11.5. The number of pyridine rings is 1. The minimum absolute atomic E-state index is 0.341. The summed E-state index contributed by atoms with van der Waals surface area (Å²) in [5, 5.41) is 1.01. The Morgan fingerprint density at radius 3 is 2.45 bits per heavy atom. The van der Waals surface area contributed by atoms with Crippen LogP contribution in [0.15, 0.2) is 54.7 Å². The summed E-state index contributed by atoms with van der Waals surface area (Å²) in [6, 6.07) is 15.2. The number of hydrogen-bond acceptors (Lipinski definition) is 4. The first kappa shape index (κ1) is 14.1. The Morgan fingerprint density at radius 2 is 1.77 bits per heavy atom. The standard InChI is InChI=1S/C18H15NO3/c1-21-16-11-15(10-14-4-3-9-19-17(14)16)12-5-7-13(8-6-12)18(20)22-2/h3-11H,1-2H3. The molecule has 22 heavy (non-hydrogen) atoms. The number of nitrogens with zero attached hydrogens (tertiary/aromatic N) is 1. The maximum Gasteiger partial charge on any atom is 0.337 e. The van der Waals surface area contributed by atoms with Gasteiger partial charge in [0.25, 0.3) is 0 Å². The van der Waals surface area contributed by atoms with Crippen molar-refractivity contribution in [3.8, 4) is 16.9 Å². The minimum Gasteiger partial charge on any atom is -0.494 e. The number of carbonyl (C=O) groups is 1. The Labute approximate surface area is 128 Å². The quantitative estimate of drug-likeness (QED) is 0.691. The number of benzene rings is 2. The van der Waals surface area contributed by atoms with E-state index in [1.54, 1.807) is 25.4 Å². The molecule has 4 heteroatoms. The van der Waals surface area contributed by atoms with E-state index in [9.17, 15) is 4.79 Å². The summed E-state index contributed by atoms with van der Waals surface area (Å²) in [4.78, 5) is 15.8. The fourth-order valence-corrected chi connectivity index (χ4v) is 2.40. The lowest BCUT2D eigenvalue weighted by Crippen LogP contribution is -2.00. The largest absolute Gasteiger partial charge is 0.494 e. The van der Waals surface area contributed by atoms with Crippen molar-refractivity contribution in [2.45, 2.75) is 0 Å². The first-order chi connectivity index (χ1) is 10.7. The van der Waals surface area contributed by atoms with Crippen LogP contribution in [0, 0.1) is 0 Å². The van der Waals surface area contributed by atoms with Crippen LogP contribution in [0.1, 0.15) is 10.4 Å². The molecule has 0 aliphatic heterocycles. The summed E-state index contributed by atoms with van der Waals surface area (Å²) in [6.07, 6.45) is 1.75. The topological polar surface area (TPSA) is 48.4 Å². The monoisotopic (exact) mass is 293 g/mol. The van der Waals surface area contributed by atoms with E-state index >= 15 is 0 Å². The molecule has 0 radical (unpaired) electrons. The summed E-state index contributed by atoms with van der Waals surface area (Å²) < 4.78 is 10.1. The molecule has 1 aromatic heterocycles. The molecular weight excluding hydrogens is 278 g/mol. The van der Waals surface area contributed by atoms with Crippen LogP contribution >= 0.6 is 0 Å². The molecular formula is C18H15NO3. The number of ether oxygens (including phenoxy) is 2. The highest BCUT2D eigenvalue weighted by atomic mass is 16.5. The van der Waals surface area contributed by atoms with Crippen LogP contribution in [0.4, 0.5) is 0 Å². The predicted molar refractivity (Wildman–Crippen MR) is 85.1 cm³/mol. The molecule has 110 valence electrons. The predicted octanol–water partition coefficient (Wildman–Crippen LogP) is 3.70. The van der Waals surface area contributed by atoms with E-state index in [4.69, 9.17) is 9.47 Å². The third-order valence-corrected chi connectivity index (χ3v) is 3.53. The van der Waals surface area contributed by atoms with Crippen LogP contribution in [-0.4, -0.2) is 25.2 Å². The number of esters is 1. The fraction of sp³-hybridized carbons (Fsp3) is 0.111. The number of fused-ring (bicyclic) bond motifs is 1. The van der Waals surface area contributed by atoms with Gasteiger partial charge in [-0.3, -0.25) is 4.98 Å². The highest BCUT2D eigenvalue weighted by molar-refractivity contribution is 5.92. The molecule has 0 bridgehead atoms. The molecule has 0 unspecified atom stereocenters. The average molecular weight is 293 g/mol. The molecule has 3 aromatic rings. The number of hydrogen-bond donors (Lipinski definition) is 0. The van der Waals surface area contributed by atoms with Crippen LogP contribution in [-0.2, 0) is 4.74 Å². The highest BCUT2D eigenvalue weighted by Gasteiger charge is 2.09. The summed E-state index contributed by atoms with van der Waals surface area (Å²) in [5.41, 5.74) is 3.37. The molecule has 1 heterocycles. The normalized spacial score (nSPS) is 10.5. The second-order valence-electron chi connectivity index (χ2n) is 4.82. The van der Waals surface area contributed by atoms with E-state index in [0.29, 0.717) is 5.56 Å². The zero-order valence-corrected chi connectivity index (χ0v) is 12.4. The second kappa shape index (κ2) is 5.85. The second-order valence-corrected chi connectivity index (χ2v) is 4.82. The molecule has 0 saturated carbocycles. The van der Waals surface area contributed by atoms with Crippen molar-refractivity contribution in [1.82, 2.24) is 4.98 Å². The van der Waals surface area contributed by atoms with E-state index in [-0.39, 0.29) is 5.97 Å². The van der Waals surface area contributed by atoms with Gasteiger partial charge in [-0.1, -0.05) is 18.2 Å². The van der Waals surface area contributed by atoms with E-state index in [1.165, 1.54) is 7.11 Å². The Balaban J connectivity index is 2.08. The van der Waals surface area contributed by atoms with Crippen LogP contribution in [0.5, 0.6) is 5.75 Å². The van der Waals surface area contributed by atoms with Gasteiger partial charge in [0.1, 0.15) is 11.3 Å². The average Bonchev–Trinajstić information content (AvgIpc) is 2.60. The smallest absolute Gasteiger partial charge is 0.337 e. The SMILES string of the molecule is COC(=O)c1ccc(-c2cc(OC)c3ncccc3c2)cc1. The van der Waals surface area contributed by atoms with Gasteiger partial charge < -0.3 is 9.47 Å². The molecule has 0 spiro atoms. The van der Waals surface area contributed by atoms with Crippen LogP contribution in [0.2, 0.25) is 0 Å². The Hall–Kier alpha value is -2.88. The van der Waals surface area contributed by atoms with Crippen molar-refractivity contribution >= 4 is 16.9 Å². The van der Waals surface area contributed by atoms with E-state index < -0.39 is 0 Å². The van der Waals surface area contributed by atoms with E-state index in [1.807, 2.05) is 30.3 Å². The van der Waals surface area contributed by atoms with Gasteiger partial charge in [-0.15, -0.1) is 0 Å². The van der Waals surface area contributed by atoms with Gasteiger partial charge in [-0.05, 0) is 41.5 Å². The van der Waals surface area contributed by atoms with Crippen molar-refractivity contribution in [2.24, 2.45) is 0 Å². The molecule has 0 saturated heterocycles. The van der Waals surface area contributed by atoms with Crippen molar-refractivity contribution < 1.29 is 14.3 Å². The zero-order valence-electron chi connectivity index (χ0n) is 12.4. The van der Waals surface area contributed by atoms with Crippen molar-refractivity contribution in [1.29, 1.82) is 0 Å². The molecule has 0 amide bonds. The summed E-state index contributed by atoms with van der Waals surface area (Å²) >= 11 is 0. The number of aromatic nitrogens is 1. The first-order valence-electron chi connectivity index (χ1n) is 6.84. The Morgan fingerprint density at radius 1 is 1.00 bits per heavy atom. The number of rotatable bonds is 3. The van der Waals surface area contributed by atoms with Gasteiger partial charge in [0.15, 0.2) is 0 Å². The third kappa shape index (κ3) is 2.51. The molecule has 0 N–H and O–H groups in total. The molecule has 3 rings (SSSR count). The minimum atomic E-state index is -0.341. The molecule has 0 aliphatic carbocycles. The molecule has 2 aromatic carbocycles. The summed E-state index contributed by atoms with van der Waals surface area (Å²) in [6.45, 7) is 0.